The maximum atomic E-state index is 11.6. The van der Waals surface area contributed by atoms with Gasteiger partial charge in [-0.3, -0.25) is 14.9 Å². The van der Waals surface area contributed by atoms with Crippen LogP contribution in [0.2, 0.25) is 0 Å². The third-order valence-electron chi connectivity index (χ3n) is 6.16. The third kappa shape index (κ3) is 4.57. The molecular formula is C25H27N3O4. The van der Waals surface area contributed by atoms with Crippen molar-refractivity contribution in [2.45, 2.75) is 31.8 Å². The van der Waals surface area contributed by atoms with Crippen LogP contribution in [-0.4, -0.2) is 37.1 Å². The molecule has 1 N–H and O–H groups in total. The minimum Gasteiger partial charge on any atom is -0.469 e. The van der Waals surface area contributed by atoms with Gasteiger partial charge in [0, 0.05) is 42.5 Å². The molecule has 0 saturated carbocycles. The molecule has 1 aliphatic heterocycles. The molecule has 1 saturated heterocycles. The van der Waals surface area contributed by atoms with E-state index in [0.29, 0.717) is 5.56 Å². The number of hydrogen-bond acceptors (Lipinski definition) is 6. The van der Waals surface area contributed by atoms with E-state index in [2.05, 4.69) is 64.3 Å². The number of fused-ring (bicyclic) bond motifs is 1. The summed E-state index contributed by atoms with van der Waals surface area (Å²) in [7, 11) is 1.28. The van der Waals surface area contributed by atoms with Crippen molar-refractivity contribution in [2.75, 3.05) is 25.1 Å². The van der Waals surface area contributed by atoms with Gasteiger partial charge in [0.1, 0.15) is 0 Å². The van der Waals surface area contributed by atoms with Crippen LogP contribution >= 0.6 is 0 Å². The van der Waals surface area contributed by atoms with Gasteiger partial charge in [-0.15, -0.1) is 0 Å². The van der Waals surface area contributed by atoms with Crippen LogP contribution in [0.25, 0.3) is 10.8 Å². The summed E-state index contributed by atoms with van der Waals surface area (Å²) >= 11 is 0. The average molecular weight is 434 g/mol. The number of methoxy groups -OCH3 is 1. The highest BCUT2D eigenvalue weighted by Crippen LogP contribution is 2.30. The molecule has 1 fully saturated rings. The fraction of sp³-hybridized carbons (Fsp3) is 0.320. The predicted octanol–water partition coefficient (Wildman–Crippen LogP) is 4.39. The van der Waals surface area contributed by atoms with Crippen molar-refractivity contribution in [2.24, 2.45) is 0 Å². The Bertz CT molecular complexity index is 1140. The van der Waals surface area contributed by atoms with E-state index in [4.69, 9.17) is 0 Å². The number of nitrogens with one attached hydrogen (secondary N) is 1. The van der Waals surface area contributed by atoms with Crippen molar-refractivity contribution in [3.05, 3.63) is 81.9 Å². The second-order valence-electron chi connectivity index (χ2n) is 8.21. The molecule has 0 aromatic heterocycles. The molecule has 4 rings (SSSR count). The van der Waals surface area contributed by atoms with Gasteiger partial charge in [-0.05, 0) is 41.8 Å². The summed E-state index contributed by atoms with van der Waals surface area (Å²) in [6.07, 6.45) is 0.840. The Labute approximate surface area is 187 Å². The van der Waals surface area contributed by atoms with Crippen molar-refractivity contribution < 1.29 is 14.5 Å². The molecule has 2 atom stereocenters. The van der Waals surface area contributed by atoms with Gasteiger partial charge >= 0.3 is 5.97 Å². The van der Waals surface area contributed by atoms with Crippen molar-refractivity contribution in [3.63, 3.8) is 0 Å². The predicted molar refractivity (Wildman–Crippen MR) is 125 cm³/mol. The number of nitro benzene ring substituents is 1. The summed E-state index contributed by atoms with van der Waals surface area (Å²) in [5, 5.41) is 17.8. The minimum absolute atomic E-state index is 0.0477. The van der Waals surface area contributed by atoms with E-state index >= 15 is 0 Å². The number of nitrogens with zero attached hydrogens (tertiary/aromatic N) is 2. The zero-order chi connectivity index (χ0) is 22.7. The van der Waals surface area contributed by atoms with Gasteiger partial charge < -0.3 is 15.0 Å². The van der Waals surface area contributed by atoms with Crippen LogP contribution in [0.5, 0.6) is 0 Å². The Hall–Kier alpha value is -3.45. The summed E-state index contributed by atoms with van der Waals surface area (Å²) in [5.41, 5.74) is 2.38. The first-order valence-corrected chi connectivity index (χ1v) is 10.8. The van der Waals surface area contributed by atoms with E-state index in [1.54, 1.807) is 12.1 Å². The van der Waals surface area contributed by atoms with Crippen LogP contribution in [0.1, 0.15) is 30.5 Å². The maximum Gasteiger partial charge on any atom is 0.310 e. The van der Waals surface area contributed by atoms with Crippen molar-refractivity contribution >= 4 is 28.1 Å². The van der Waals surface area contributed by atoms with Crippen LogP contribution < -0.4 is 10.2 Å². The number of rotatable bonds is 7. The number of hydrogen-bond donors (Lipinski definition) is 1. The highest BCUT2D eigenvalue weighted by atomic mass is 16.6. The van der Waals surface area contributed by atoms with Gasteiger partial charge in [0.2, 0.25) is 0 Å². The first-order chi connectivity index (χ1) is 15.5. The molecule has 1 aliphatic rings. The summed E-state index contributed by atoms with van der Waals surface area (Å²) in [6, 6.07) is 20.3. The summed E-state index contributed by atoms with van der Waals surface area (Å²) < 4.78 is 4.65. The fourth-order valence-corrected chi connectivity index (χ4v) is 4.50. The highest BCUT2D eigenvalue weighted by molar-refractivity contribution is 5.86. The maximum absolute atomic E-state index is 11.6. The Morgan fingerprint density at radius 3 is 2.78 bits per heavy atom. The lowest BCUT2D eigenvalue weighted by molar-refractivity contribution is -0.385. The van der Waals surface area contributed by atoms with E-state index in [0.717, 1.165) is 25.2 Å². The molecule has 0 aliphatic carbocycles. The molecule has 0 amide bonds. The molecule has 7 heteroatoms. The van der Waals surface area contributed by atoms with Gasteiger partial charge in [0.25, 0.3) is 5.69 Å². The monoisotopic (exact) mass is 433 g/mol. The molecule has 0 radical (unpaired) electrons. The van der Waals surface area contributed by atoms with Crippen LogP contribution in [0.4, 0.5) is 11.4 Å². The SMILES string of the molecule is COC(=O)Cc1ccc(N2CC[C@H](N[C@H](C)c3cccc4ccccc34)C2)cc1[N+](=O)[O-]. The Morgan fingerprint density at radius 1 is 1.22 bits per heavy atom. The lowest BCUT2D eigenvalue weighted by Crippen LogP contribution is -2.34. The summed E-state index contributed by atoms with van der Waals surface area (Å²) in [5.74, 6) is -0.492. The van der Waals surface area contributed by atoms with Crippen molar-refractivity contribution in [1.29, 1.82) is 0 Å². The number of ether oxygens (including phenoxy) is 1. The molecule has 0 bridgehead atoms. The molecule has 32 heavy (non-hydrogen) atoms. The number of nitro groups is 1. The summed E-state index contributed by atoms with van der Waals surface area (Å²) in [4.78, 5) is 24.9. The Morgan fingerprint density at radius 2 is 2.00 bits per heavy atom. The molecule has 0 unspecified atom stereocenters. The number of carbonyl (C=O) groups is 1. The largest absolute Gasteiger partial charge is 0.469 e. The smallest absolute Gasteiger partial charge is 0.310 e. The lowest BCUT2D eigenvalue weighted by Gasteiger charge is -2.23. The van der Waals surface area contributed by atoms with E-state index in [1.165, 1.54) is 23.4 Å². The fourth-order valence-electron chi connectivity index (χ4n) is 4.50. The number of benzene rings is 3. The Kier molecular flexibility index (Phi) is 6.37. The van der Waals surface area contributed by atoms with Gasteiger partial charge in [-0.1, -0.05) is 42.5 Å². The zero-order valence-electron chi connectivity index (χ0n) is 18.3. The van der Waals surface area contributed by atoms with E-state index in [9.17, 15) is 14.9 Å². The molecule has 166 valence electrons. The Balaban J connectivity index is 1.47. The lowest BCUT2D eigenvalue weighted by atomic mass is 9.99. The molecule has 0 spiro atoms. The van der Waals surface area contributed by atoms with Crippen LogP contribution in [0, 0.1) is 10.1 Å². The van der Waals surface area contributed by atoms with Crippen LogP contribution in [-0.2, 0) is 16.0 Å². The third-order valence-corrected chi connectivity index (χ3v) is 6.16. The standard InChI is InChI=1S/C25H27N3O4/c1-17(22-9-5-7-18-6-3-4-8-23(18)22)26-20-12-13-27(16-20)21-11-10-19(14-25(29)32-2)24(15-21)28(30)31/h3-11,15,17,20,26H,12-14,16H2,1-2H3/t17-,20+/m1/s1. The van der Waals surface area contributed by atoms with Gasteiger partial charge in [0.05, 0.1) is 18.5 Å². The summed E-state index contributed by atoms with van der Waals surface area (Å²) in [6.45, 7) is 3.76. The van der Waals surface area contributed by atoms with E-state index in [-0.39, 0.29) is 24.2 Å². The normalized spacial score (nSPS) is 16.8. The molecule has 7 nitrogen and oxygen atoms in total. The second kappa shape index (κ2) is 9.36. The highest BCUT2D eigenvalue weighted by Gasteiger charge is 2.26. The van der Waals surface area contributed by atoms with E-state index in [1.807, 2.05) is 6.07 Å². The second-order valence-corrected chi connectivity index (χ2v) is 8.21. The number of esters is 1. The first kappa shape index (κ1) is 21.8. The number of carbonyl (C=O) groups excluding carboxylic acids is 1. The average Bonchev–Trinajstić information content (AvgIpc) is 3.27. The van der Waals surface area contributed by atoms with Gasteiger partial charge in [-0.2, -0.15) is 0 Å². The van der Waals surface area contributed by atoms with Crippen molar-refractivity contribution in [1.82, 2.24) is 5.32 Å². The quantitative estimate of drug-likeness (QED) is 0.338. The molecule has 3 aromatic carbocycles. The van der Waals surface area contributed by atoms with Gasteiger partial charge in [-0.25, -0.2) is 0 Å². The molecule has 1 heterocycles. The minimum atomic E-state index is -0.492. The number of anilines is 1. The van der Waals surface area contributed by atoms with E-state index < -0.39 is 10.9 Å². The topological polar surface area (TPSA) is 84.7 Å². The zero-order valence-corrected chi connectivity index (χ0v) is 18.3. The first-order valence-electron chi connectivity index (χ1n) is 10.8. The van der Waals surface area contributed by atoms with Gasteiger partial charge in [0.15, 0.2) is 0 Å². The van der Waals surface area contributed by atoms with Crippen LogP contribution in [0.15, 0.2) is 60.7 Å². The van der Waals surface area contributed by atoms with Crippen molar-refractivity contribution in [3.8, 4) is 0 Å². The molecular weight excluding hydrogens is 406 g/mol. The molecule has 3 aromatic rings. The van der Waals surface area contributed by atoms with Crippen LogP contribution in [0.3, 0.4) is 0 Å².